The number of benzene rings is 2. The van der Waals surface area contributed by atoms with Gasteiger partial charge in [-0.2, -0.15) is 0 Å². The third-order valence-electron chi connectivity index (χ3n) is 3.22. The lowest BCUT2D eigenvalue weighted by Crippen LogP contribution is -2.21. The Balaban J connectivity index is 1.88. The number of ether oxygens (including phenoxy) is 1. The summed E-state index contributed by atoms with van der Waals surface area (Å²) in [6.07, 6.45) is 0. The fourth-order valence-corrected chi connectivity index (χ4v) is 2.05. The lowest BCUT2D eigenvalue weighted by molar-refractivity contribution is -0.119. The van der Waals surface area contributed by atoms with E-state index in [9.17, 15) is 14.4 Å². The third kappa shape index (κ3) is 4.95. The van der Waals surface area contributed by atoms with Gasteiger partial charge in [0.1, 0.15) is 0 Å². The van der Waals surface area contributed by atoms with Crippen molar-refractivity contribution in [1.29, 1.82) is 0 Å². The molecule has 25 heavy (non-hydrogen) atoms. The van der Waals surface area contributed by atoms with E-state index in [2.05, 4.69) is 10.6 Å². The second-order valence-electron chi connectivity index (χ2n) is 5.02. The first-order valence-corrected chi connectivity index (χ1v) is 7.62. The minimum Gasteiger partial charge on any atom is -0.452 e. The van der Waals surface area contributed by atoms with Crippen LogP contribution in [-0.4, -0.2) is 31.4 Å². The van der Waals surface area contributed by atoms with Gasteiger partial charge < -0.3 is 21.1 Å². The molecule has 2 rings (SSSR count). The summed E-state index contributed by atoms with van der Waals surface area (Å²) in [5, 5.41) is 5.38. The smallest absolute Gasteiger partial charge is 0.338 e. The highest BCUT2D eigenvalue weighted by Crippen LogP contribution is 2.19. The molecule has 2 amide bonds. The van der Waals surface area contributed by atoms with E-state index in [-0.39, 0.29) is 17.2 Å². The van der Waals surface area contributed by atoms with Gasteiger partial charge in [-0.1, -0.05) is 11.6 Å². The molecule has 2 aromatic rings. The average Bonchev–Trinajstić information content (AvgIpc) is 2.62. The largest absolute Gasteiger partial charge is 0.452 e. The number of nitrogen functional groups attached to an aromatic ring is 1. The Morgan fingerprint density at radius 3 is 2.32 bits per heavy atom. The molecule has 8 heteroatoms. The molecule has 4 N–H and O–H groups in total. The number of hydrogen-bond acceptors (Lipinski definition) is 5. The molecular formula is C17H16ClN3O4. The van der Waals surface area contributed by atoms with Crippen molar-refractivity contribution in [1.82, 2.24) is 5.32 Å². The Morgan fingerprint density at radius 2 is 1.72 bits per heavy atom. The molecule has 0 aliphatic carbocycles. The Morgan fingerprint density at radius 1 is 1.08 bits per heavy atom. The molecule has 0 radical (unpaired) electrons. The van der Waals surface area contributed by atoms with Gasteiger partial charge in [0.25, 0.3) is 11.8 Å². The van der Waals surface area contributed by atoms with E-state index < -0.39 is 18.5 Å². The summed E-state index contributed by atoms with van der Waals surface area (Å²) in [6.45, 7) is -0.460. The number of carbonyl (C=O) groups is 3. The maximum Gasteiger partial charge on any atom is 0.338 e. The van der Waals surface area contributed by atoms with Crippen LogP contribution in [0.1, 0.15) is 20.7 Å². The molecular weight excluding hydrogens is 346 g/mol. The van der Waals surface area contributed by atoms with Crippen LogP contribution in [0.2, 0.25) is 5.02 Å². The molecule has 0 bridgehead atoms. The second kappa shape index (κ2) is 8.16. The van der Waals surface area contributed by atoms with Crippen molar-refractivity contribution in [2.75, 3.05) is 24.7 Å². The number of nitrogens with one attached hydrogen (secondary N) is 2. The predicted octanol–water partition coefficient (Wildman–Crippen LogP) is 2.08. The van der Waals surface area contributed by atoms with Crippen LogP contribution in [0, 0.1) is 0 Å². The minimum absolute atomic E-state index is 0.199. The van der Waals surface area contributed by atoms with Gasteiger partial charge >= 0.3 is 5.97 Å². The Bertz CT molecular complexity index is 806. The van der Waals surface area contributed by atoms with Crippen LogP contribution in [-0.2, 0) is 9.53 Å². The number of hydrogen-bond donors (Lipinski definition) is 3. The van der Waals surface area contributed by atoms with Crippen molar-refractivity contribution >= 4 is 40.8 Å². The molecule has 0 atom stereocenters. The fourth-order valence-electron chi connectivity index (χ4n) is 1.93. The quantitative estimate of drug-likeness (QED) is 0.557. The summed E-state index contributed by atoms with van der Waals surface area (Å²) in [7, 11) is 1.53. The van der Waals surface area contributed by atoms with Gasteiger partial charge in [-0.05, 0) is 42.5 Å². The number of carbonyl (C=O) groups excluding carboxylic acids is 3. The maximum atomic E-state index is 11.9. The number of rotatable bonds is 5. The number of halogens is 1. The molecule has 0 saturated heterocycles. The maximum absolute atomic E-state index is 11.9. The first-order chi connectivity index (χ1) is 11.9. The van der Waals surface area contributed by atoms with Gasteiger partial charge in [0.2, 0.25) is 0 Å². The highest BCUT2D eigenvalue weighted by Gasteiger charge is 2.12. The molecule has 0 fully saturated rings. The summed E-state index contributed by atoms with van der Waals surface area (Å²) in [5.74, 6) is -1.43. The summed E-state index contributed by atoms with van der Waals surface area (Å²) in [5.41, 5.74) is 7.00. The van der Waals surface area contributed by atoms with Gasteiger partial charge in [0, 0.05) is 18.3 Å². The minimum atomic E-state index is -0.687. The van der Waals surface area contributed by atoms with Crippen molar-refractivity contribution in [3.05, 3.63) is 58.6 Å². The number of nitrogens with two attached hydrogens (primary N) is 1. The number of anilines is 2. The van der Waals surface area contributed by atoms with Crippen LogP contribution in [0.4, 0.5) is 11.4 Å². The van der Waals surface area contributed by atoms with Crippen LogP contribution >= 0.6 is 11.6 Å². The van der Waals surface area contributed by atoms with E-state index in [1.807, 2.05) is 0 Å². The first kappa shape index (κ1) is 18.3. The summed E-state index contributed by atoms with van der Waals surface area (Å²) < 4.78 is 4.92. The SMILES string of the molecule is CNC(=O)c1ccc(NC(=O)COC(=O)c2ccc(Cl)c(N)c2)cc1. The van der Waals surface area contributed by atoms with Crippen molar-refractivity contribution in [3.63, 3.8) is 0 Å². The van der Waals surface area contributed by atoms with Gasteiger partial charge in [-0.3, -0.25) is 9.59 Å². The van der Waals surface area contributed by atoms with Crippen LogP contribution < -0.4 is 16.4 Å². The van der Waals surface area contributed by atoms with Crippen molar-refractivity contribution < 1.29 is 19.1 Å². The highest BCUT2D eigenvalue weighted by atomic mass is 35.5. The highest BCUT2D eigenvalue weighted by molar-refractivity contribution is 6.33. The number of amides is 2. The standard InChI is InChI=1S/C17H16ClN3O4/c1-20-16(23)10-2-5-12(6-3-10)21-15(22)9-25-17(24)11-4-7-13(18)14(19)8-11/h2-8H,9,19H2,1H3,(H,20,23)(H,21,22). The normalized spacial score (nSPS) is 10.0. The molecule has 130 valence electrons. The molecule has 7 nitrogen and oxygen atoms in total. The van der Waals surface area contributed by atoms with E-state index in [0.29, 0.717) is 16.3 Å². The van der Waals surface area contributed by atoms with Crippen molar-refractivity contribution in [2.24, 2.45) is 0 Å². The van der Waals surface area contributed by atoms with E-state index in [1.54, 1.807) is 24.3 Å². The van der Waals surface area contributed by atoms with Crippen LogP contribution in [0.5, 0.6) is 0 Å². The first-order valence-electron chi connectivity index (χ1n) is 7.25. The summed E-state index contributed by atoms with van der Waals surface area (Å²) in [6, 6.07) is 10.6. The monoisotopic (exact) mass is 361 g/mol. The van der Waals surface area contributed by atoms with E-state index in [1.165, 1.54) is 25.2 Å². The van der Waals surface area contributed by atoms with E-state index in [4.69, 9.17) is 22.1 Å². The summed E-state index contributed by atoms with van der Waals surface area (Å²) >= 11 is 5.78. The van der Waals surface area contributed by atoms with E-state index in [0.717, 1.165) is 0 Å². The van der Waals surface area contributed by atoms with Crippen molar-refractivity contribution in [2.45, 2.75) is 0 Å². The molecule has 0 aliphatic rings. The molecule has 0 saturated carbocycles. The lowest BCUT2D eigenvalue weighted by atomic mass is 10.2. The number of esters is 1. The molecule has 2 aromatic carbocycles. The van der Waals surface area contributed by atoms with Crippen LogP contribution in [0.15, 0.2) is 42.5 Å². The molecule has 0 unspecified atom stereocenters. The topological polar surface area (TPSA) is 111 Å². The van der Waals surface area contributed by atoms with Crippen LogP contribution in [0.25, 0.3) is 0 Å². The fraction of sp³-hybridized carbons (Fsp3) is 0.118. The zero-order chi connectivity index (χ0) is 18.4. The zero-order valence-corrected chi connectivity index (χ0v) is 14.1. The van der Waals surface area contributed by atoms with Crippen LogP contribution in [0.3, 0.4) is 0 Å². The molecule has 0 aliphatic heterocycles. The van der Waals surface area contributed by atoms with Gasteiger partial charge in [0.15, 0.2) is 6.61 Å². The molecule has 0 heterocycles. The van der Waals surface area contributed by atoms with Gasteiger partial charge in [-0.15, -0.1) is 0 Å². The summed E-state index contributed by atoms with van der Waals surface area (Å²) in [4.78, 5) is 35.1. The Kier molecular flexibility index (Phi) is 5.97. The molecule has 0 spiro atoms. The molecule has 0 aromatic heterocycles. The second-order valence-corrected chi connectivity index (χ2v) is 5.42. The van der Waals surface area contributed by atoms with E-state index >= 15 is 0 Å². The lowest BCUT2D eigenvalue weighted by Gasteiger charge is -2.08. The Labute approximate surface area is 149 Å². The predicted molar refractivity (Wildman–Crippen MR) is 94.6 cm³/mol. The Hall–Kier alpha value is -3.06. The average molecular weight is 362 g/mol. The van der Waals surface area contributed by atoms with Gasteiger partial charge in [-0.25, -0.2) is 4.79 Å². The third-order valence-corrected chi connectivity index (χ3v) is 3.57. The van der Waals surface area contributed by atoms with Crippen molar-refractivity contribution in [3.8, 4) is 0 Å². The zero-order valence-electron chi connectivity index (χ0n) is 13.3. The van der Waals surface area contributed by atoms with Gasteiger partial charge in [0.05, 0.1) is 16.3 Å².